The summed E-state index contributed by atoms with van der Waals surface area (Å²) < 4.78 is 16.9. The normalized spacial score (nSPS) is 12.7. The maximum absolute atomic E-state index is 12.9. The Morgan fingerprint density at radius 2 is 0.527 bits per heavy atom. The molecule has 0 saturated carbocycles. The van der Waals surface area contributed by atoms with E-state index in [1.807, 2.05) is 0 Å². The molecule has 0 spiro atoms. The van der Waals surface area contributed by atoms with Crippen molar-refractivity contribution in [2.24, 2.45) is 0 Å². The molecule has 0 N–H and O–H groups in total. The summed E-state index contributed by atoms with van der Waals surface area (Å²) >= 11 is 0. The van der Waals surface area contributed by atoms with E-state index in [0.717, 1.165) is 116 Å². The molecule has 0 aliphatic rings. The van der Waals surface area contributed by atoms with Crippen molar-refractivity contribution in [2.45, 2.75) is 303 Å². The van der Waals surface area contributed by atoms with Crippen LogP contribution in [0.3, 0.4) is 0 Å². The van der Waals surface area contributed by atoms with Crippen LogP contribution in [0.1, 0.15) is 297 Å². The molecule has 0 fully saturated rings. The molecule has 6 nitrogen and oxygen atoms in total. The molecule has 0 saturated heterocycles. The van der Waals surface area contributed by atoms with Crippen LogP contribution >= 0.6 is 0 Å². The van der Waals surface area contributed by atoms with Crippen LogP contribution in [0.2, 0.25) is 0 Å². The van der Waals surface area contributed by atoms with E-state index in [0.29, 0.717) is 19.3 Å². The average Bonchev–Trinajstić information content (AvgIpc) is 3.40. The molecule has 0 amide bonds. The van der Waals surface area contributed by atoms with E-state index in [-0.39, 0.29) is 31.1 Å². The third-order valence-corrected chi connectivity index (χ3v) is 13.3. The SMILES string of the molecule is CC/C=C\C/C=C\C/C=C\C/C=C\CCCCCCCCCCCCC(=O)OCC(COC(=O)CCCCCCC/C=C\CCCCCCCCC)OC(=O)CCCCCCCCC/C=C\C/C=C\C/C=C\CC. The van der Waals surface area contributed by atoms with E-state index in [2.05, 4.69) is 118 Å². The summed E-state index contributed by atoms with van der Waals surface area (Å²) in [4.78, 5) is 38.3. The Labute approximate surface area is 457 Å². The quantitative estimate of drug-likeness (QED) is 0.0261. The van der Waals surface area contributed by atoms with Crippen molar-refractivity contribution >= 4 is 17.9 Å². The van der Waals surface area contributed by atoms with Gasteiger partial charge in [0.2, 0.25) is 0 Å². The molecular weight excluding hydrogens is 913 g/mol. The molecule has 0 bridgehead atoms. The zero-order valence-corrected chi connectivity index (χ0v) is 48.6. The van der Waals surface area contributed by atoms with Crippen molar-refractivity contribution in [3.8, 4) is 0 Å². The van der Waals surface area contributed by atoms with Crippen molar-refractivity contribution in [1.29, 1.82) is 0 Å². The predicted octanol–water partition coefficient (Wildman–Crippen LogP) is 21.3. The van der Waals surface area contributed by atoms with Crippen LogP contribution in [0.25, 0.3) is 0 Å². The minimum Gasteiger partial charge on any atom is -0.462 e. The van der Waals surface area contributed by atoms with Crippen molar-refractivity contribution in [1.82, 2.24) is 0 Å². The van der Waals surface area contributed by atoms with Crippen LogP contribution in [0.4, 0.5) is 0 Å². The first-order chi connectivity index (χ1) is 36.5. The number of hydrogen-bond acceptors (Lipinski definition) is 6. The number of esters is 3. The fourth-order valence-electron chi connectivity index (χ4n) is 8.68. The smallest absolute Gasteiger partial charge is 0.306 e. The van der Waals surface area contributed by atoms with Gasteiger partial charge in [-0.2, -0.15) is 0 Å². The number of ether oxygens (including phenoxy) is 3. The summed E-state index contributed by atoms with van der Waals surface area (Å²) in [7, 11) is 0. The number of allylic oxidation sites excluding steroid dienone is 16. The maximum Gasteiger partial charge on any atom is 0.306 e. The lowest BCUT2D eigenvalue weighted by molar-refractivity contribution is -0.167. The van der Waals surface area contributed by atoms with Gasteiger partial charge in [0.25, 0.3) is 0 Å². The van der Waals surface area contributed by atoms with Gasteiger partial charge in [-0.3, -0.25) is 14.4 Å². The number of carbonyl (C=O) groups excluding carboxylic acids is 3. The highest BCUT2D eigenvalue weighted by Gasteiger charge is 2.19. The second kappa shape index (κ2) is 61.9. The van der Waals surface area contributed by atoms with E-state index in [4.69, 9.17) is 14.2 Å². The molecule has 1 atom stereocenters. The Balaban J connectivity index is 4.38. The molecule has 0 rings (SSSR count). The molecule has 0 aromatic heterocycles. The Bertz CT molecular complexity index is 1460. The molecule has 424 valence electrons. The molecule has 74 heavy (non-hydrogen) atoms. The Hall–Kier alpha value is -3.67. The summed E-state index contributed by atoms with van der Waals surface area (Å²) in [5.41, 5.74) is 0. The van der Waals surface area contributed by atoms with Crippen LogP contribution in [-0.2, 0) is 28.6 Å². The average molecular weight is 1030 g/mol. The van der Waals surface area contributed by atoms with Crippen molar-refractivity contribution in [3.63, 3.8) is 0 Å². The van der Waals surface area contributed by atoms with Crippen molar-refractivity contribution in [3.05, 3.63) is 97.2 Å². The second-order valence-corrected chi connectivity index (χ2v) is 20.5. The van der Waals surface area contributed by atoms with Gasteiger partial charge >= 0.3 is 17.9 Å². The minimum absolute atomic E-state index is 0.0860. The largest absolute Gasteiger partial charge is 0.462 e. The molecule has 0 aliphatic heterocycles. The topological polar surface area (TPSA) is 78.9 Å². The van der Waals surface area contributed by atoms with Crippen LogP contribution in [-0.4, -0.2) is 37.2 Å². The fourth-order valence-corrected chi connectivity index (χ4v) is 8.68. The lowest BCUT2D eigenvalue weighted by Gasteiger charge is -2.18. The van der Waals surface area contributed by atoms with Crippen molar-refractivity contribution in [2.75, 3.05) is 13.2 Å². The van der Waals surface area contributed by atoms with Crippen molar-refractivity contribution < 1.29 is 28.6 Å². The molecule has 0 aromatic carbocycles. The fraction of sp³-hybridized carbons (Fsp3) is 0.721. The van der Waals surface area contributed by atoms with Crippen LogP contribution in [0.15, 0.2) is 97.2 Å². The van der Waals surface area contributed by atoms with Gasteiger partial charge in [-0.25, -0.2) is 0 Å². The zero-order chi connectivity index (χ0) is 53.6. The molecular formula is C68H116O6. The summed E-state index contributed by atoms with van der Waals surface area (Å²) in [6.07, 6.45) is 82.6. The lowest BCUT2D eigenvalue weighted by atomic mass is 10.1. The van der Waals surface area contributed by atoms with E-state index in [1.54, 1.807) is 0 Å². The van der Waals surface area contributed by atoms with Gasteiger partial charge in [0.15, 0.2) is 6.10 Å². The highest BCUT2D eigenvalue weighted by molar-refractivity contribution is 5.71. The first-order valence-electron chi connectivity index (χ1n) is 31.2. The molecule has 0 aliphatic carbocycles. The number of carbonyl (C=O) groups is 3. The highest BCUT2D eigenvalue weighted by atomic mass is 16.6. The molecule has 6 heteroatoms. The van der Waals surface area contributed by atoms with Gasteiger partial charge in [-0.15, -0.1) is 0 Å². The second-order valence-electron chi connectivity index (χ2n) is 20.5. The Kier molecular flexibility index (Phi) is 58.8. The lowest BCUT2D eigenvalue weighted by Crippen LogP contribution is -2.30. The molecule has 0 aromatic rings. The van der Waals surface area contributed by atoms with E-state index in [9.17, 15) is 14.4 Å². The summed E-state index contributed by atoms with van der Waals surface area (Å²) in [6, 6.07) is 0. The van der Waals surface area contributed by atoms with Gasteiger partial charge in [0, 0.05) is 19.3 Å². The van der Waals surface area contributed by atoms with Gasteiger partial charge in [-0.05, 0) is 116 Å². The standard InChI is InChI=1S/C68H116O6/c1-4-7-10-13-16-19-22-25-28-31-32-33-34-35-36-38-40-43-46-49-52-55-58-61-67(70)73-64-65(63-72-66(69)60-57-54-51-48-45-42-39-30-27-24-21-18-15-12-9-6-3)74-68(71)62-59-56-53-50-47-44-41-37-29-26-23-20-17-14-11-8-5-2/h7-8,10-11,16-17,19-20,25-26,28-30,32-33,39,65H,4-6,9,12-15,18,21-24,27,31,34-38,40-64H2,1-3H3/b10-7-,11-8-,19-16-,20-17-,28-25-,29-26-,33-32-,39-30-. The van der Waals surface area contributed by atoms with Crippen LogP contribution in [0.5, 0.6) is 0 Å². The number of unbranched alkanes of at least 4 members (excludes halogenated alkanes) is 29. The minimum atomic E-state index is -0.790. The van der Waals surface area contributed by atoms with E-state index < -0.39 is 6.10 Å². The zero-order valence-electron chi connectivity index (χ0n) is 48.6. The summed E-state index contributed by atoms with van der Waals surface area (Å²) in [5, 5.41) is 0. The number of hydrogen-bond donors (Lipinski definition) is 0. The van der Waals surface area contributed by atoms with Gasteiger partial charge in [0.1, 0.15) is 13.2 Å². The van der Waals surface area contributed by atoms with Gasteiger partial charge < -0.3 is 14.2 Å². The van der Waals surface area contributed by atoms with Crippen LogP contribution < -0.4 is 0 Å². The molecule has 0 radical (unpaired) electrons. The Morgan fingerprint density at radius 1 is 0.284 bits per heavy atom. The maximum atomic E-state index is 12.9. The van der Waals surface area contributed by atoms with E-state index >= 15 is 0 Å². The Morgan fingerprint density at radius 3 is 0.838 bits per heavy atom. The molecule has 1 unspecified atom stereocenters. The highest BCUT2D eigenvalue weighted by Crippen LogP contribution is 2.16. The summed E-state index contributed by atoms with van der Waals surface area (Å²) in [6.45, 7) is 6.42. The first-order valence-corrected chi connectivity index (χ1v) is 31.2. The first kappa shape index (κ1) is 70.3. The number of rotatable bonds is 56. The van der Waals surface area contributed by atoms with Gasteiger partial charge in [0.05, 0.1) is 0 Å². The summed E-state index contributed by atoms with van der Waals surface area (Å²) in [5.74, 6) is -0.899. The third kappa shape index (κ3) is 59.2. The van der Waals surface area contributed by atoms with E-state index in [1.165, 1.54) is 141 Å². The molecule has 0 heterocycles. The monoisotopic (exact) mass is 1030 g/mol. The predicted molar refractivity (Wildman–Crippen MR) is 320 cm³/mol. The third-order valence-electron chi connectivity index (χ3n) is 13.3. The van der Waals surface area contributed by atoms with Crippen LogP contribution in [0, 0.1) is 0 Å². The van der Waals surface area contributed by atoms with Gasteiger partial charge in [-0.1, -0.05) is 259 Å².